The molecule has 0 rings (SSSR count). The van der Waals surface area contributed by atoms with Gasteiger partial charge in [0.25, 0.3) is 0 Å². The van der Waals surface area contributed by atoms with Crippen molar-refractivity contribution in [2.75, 3.05) is 0 Å². The van der Waals surface area contributed by atoms with Crippen LogP contribution in [0.1, 0.15) is 90.9 Å². The Morgan fingerprint density at radius 2 is 0.762 bits per heavy atom. The summed E-state index contributed by atoms with van der Waals surface area (Å²) in [4.78, 5) is 0. The Labute approximate surface area is 148 Å². The van der Waals surface area contributed by atoms with E-state index in [4.69, 9.17) is 40.4 Å². The van der Waals surface area contributed by atoms with E-state index in [1.807, 2.05) is 0 Å². The zero-order valence-electron chi connectivity index (χ0n) is 13.8. The van der Waals surface area contributed by atoms with E-state index in [9.17, 15) is 0 Å². The Hall–Kier alpha value is 1.68. The zero-order chi connectivity index (χ0) is 16.3. The van der Waals surface area contributed by atoms with Crippen LogP contribution in [0.4, 0.5) is 0 Å². The molecule has 0 atom stereocenters. The molecule has 0 nitrogen and oxygen atoms in total. The number of unbranched alkanes of at least 4 members (excludes halogenated alkanes) is 10. The van der Waals surface area contributed by atoms with Crippen LogP contribution in [0.15, 0.2) is 0 Å². The summed E-state index contributed by atoms with van der Waals surface area (Å²) in [6.45, 7) is 4.44. The topological polar surface area (TPSA) is 0 Å². The molecule has 21 heavy (non-hydrogen) atoms. The molecule has 0 aliphatic rings. The minimum atomic E-state index is -4.46. The molecule has 0 saturated heterocycles. The molecule has 0 amide bonds. The van der Waals surface area contributed by atoms with Crippen LogP contribution in [0.25, 0.3) is 0 Å². The van der Waals surface area contributed by atoms with Crippen LogP contribution in [-0.4, -0.2) is 7.09 Å². The van der Waals surface area contributed by atoms with E-state index in [-0.39, 0.29) is 0 Å². The predicted octanol–water partition coefficient (Wildman–Crippen LogP) is 9.01. The van der Waals surface area contributed by atoms with E-state index in [0.29, 0.717) is 10.6 Å². The molecule has 0 aliphatic heterocycles. The van der Waals surface area contributed by atoms with Crippen LogP contribution in [0.3, 0.4) is 0 Å². The molecule has 0 aromatic carbocycles. The molecule has 0 saturated carbocycles. The zero-order valence-corrected chi connectivity index (χ0v) is 18.6. The van der Waals surface area contributed by atoms with Gasteiger partial charge < -0.3 is 0 Å². The quantitative estimate of drug-likeness (QED) is 0.184. The van der Waals surface area contributed by atoms with E-state index < -0.39 is 7.09 Å². The molecule has 0 radical (unpaired) electrons. The van der Waals surface area contributed by atoms with Gasteiger partial charge in [0.2, 0.25) is 0 Å². The van der Waals surface area contributed by atoms with Crippen LogP contribution in [0.2, 0.25) is 10.6 Å². The van der Waals surface area contributed by atoms with Crippen molar-refractivity contribution in [1.82, 2.24) is 0 Å². The van der Waals surface area contributed by atoms with Crippen molar-refractivity contribution in [2.45, 2.75) is 102 Å². The van der Waals surface area contributed by atoms with Gasteiger partial charge in [-0.15, -0.1) is 0 Å². The Bertz CT molecular complexity index is 248. The summed E-state index contributed by atoms with van der Waals surface area (Å²) in [5.41, 5.74) is 0. The van der Waals surface area contributed by atoms with E-state index in [0.717, 1.165) is 25.7 Å². The second kappa shape index (κ2) is 9.85. The Morgan fingerprint density at radius 3 is 1.10 bits per heavy atom. The third-order valence-corrected chi connectivity index (χ3v) is 15.3. The van der Waals surface area contributed by atoms with Gasteiger partial charge in [-0.05, 0) is 0 Å². The van der Waals surface area contributed by atoms with E-state index in [1.165, 1.54) is 51.4 Å². The molecule has 0 aromatic heterocycles. The molecule has 0 aromatic rings. The fourth-order valence-electron chi connectivity index (χ4n) is 2.51. The van der Waals surface area contributed by atoms with Crippen molar-refractivity contribution >= 4 is 47.5 Å². The van der Waals surface area contributed by atoms with E-state index >= 15 is 0 Å². The van der Waals surface area contributed by atoms with Crippen molar-refractivity contribution in [2.24, 2.45) is 0 Å². The normalized spacial score (nSPS) is 15.7. The summed E-state index contributed by atoms with van der Waals surface area (Å²) in [5, 5.41) is 1.20. The van der Waals surface area contributed by atoms with E-state index in [2.05, 4.69) is 13.8 Å². The fourth-order valence-corrected chi connectivity index (χ4v) is 11.0. The van der Waals surface area contributed by atoms with Crippen LogP contribution in [-0.2, 0) is 0 Å². The summed E-state index contributed by atoms with van der Waals surface area (Å²) in [6, 6.07) is 0. The first-order chi connectivity index (χ1) is 9.62. The van der Waals surface area contributed by atoms with Crippen molar-refractivity contribution in [3.63, 3.8) is 0 Å². The van der Waals surface area contributed by atoms with Crippen LogP contribution >= 0.6 is 40.4 Å². The molecule has 0 unspecified atom stereocenters. The van der Waals surface area contributed by atoms with Crippen molar-refractivity contribution in [3.05, 3.63) is 0 Å². The molecule has 0 N–H and O–H groups in total. The van der Waals surface area contributed by atoms with Gasteiger partial charge in [0, 0.05) is 0 Å². The molecule has 0 aliphatic carbocycles. The Balaban J connectivity index is 3.93. The average molecular weight is 447 g/mol. The number of hydrogen-bond acceptors (Lipinski definition) is 0. The number of rotatable bonds is 14. The third-order valence-electron chi connectivity index (χ3n) is 3.90. The van der Waals surface area contributed by atoms with Gasteiger partial charge in [-0.25, -0.2) is 0 Å². The second-order valence-corrected chi connectivity index (χ2v) is 37.7. The summed E-state index contributed by atoms with van der Waals surface area (Å²) in [7, 11) is 21.9. The van der Waals surface area contributed by atoms with Gasteiger partial charge in [0.05, 0.1) is 0 Å². The van der Waals surface area contributed by atoms with Crippen LogP contribution in [0, 0.1) is 0 Å². The maximum atomic E-state index is 6.59. The minimum absolute atomic E-state index is 0.598. The molecule has 5 heteroatoms. The van der Waals surface area contributed by atoms with Gasteiger partial charge >= 0.3 is 149 Å². The predicted molar refractivity (Wildman–Crippen MR) is 106 cm³/mol. The molecular weight excluding hydrogens is 413 g/mol. The SMILES string of the molecule is CCCCCCCC[Se](Cl)(Cl)(Cl)(Cl)CCCCCCCC. The number of halogens is 4. The van der Waals surface area contributed by atoms with E-state index in [1.54, 1.807) is 0 Å². The first-order valence-electron chi connectivity index (χ1n) is 8.61. The fraction of sp³-hybridized carbons (Fsp3) is 1.00. The standard InChI is InChI=1S/C16H34Cl4Se/c1-3-5-7-9-11-13-15-21(17,18,19,20)16-14-12-10-8-6-4-2/h3-16H2,1-2H3. The Morgan fingerprint density at radius 1 is 0.476 bits per heavy atom. The Kier molecular flexibility index (Phi) is 10.6. The average Bonchev–Trinajstić information content (AvgIpc) is 2.37. The van der Waals surface area contributed by atoms with Gasteiger partial charge in [-0.2, -0.15) is 0 Å². The maximum absolute atomic E-state index is 6.59. The first-order valence-corrected chi connectivity index (χ1v) is 20.0. The third kappa shape index (κ3) is 15.0. The molecule has 0 fully saturated rings. The summed E-state index contributed by atoms with van der Waals surface area (Å²) >= 11 is 0. The molecule has 132 valence electrons. The molecule has 0 bridgehead atoms. The van der Waals surface area contributed by atoms with Gasteiger partial charge in [-0.1, -0.05) is 0 Å². The van der Waals surface area contributed by atoms with Gasteiger partial charge in [-0.3, -0.25) is 0 Å². The summed E-state index contributed by atoms with van der Waals surface area (Å²) in [6.07, 6.45) is 14.3. The summed E-state index contributed by atoms with van der Waals surface area (Å²) < 4.78 is 0. The first kappa shape index (κ1) is 22.7. The molecular formula is C16H34Cl4Se. The van der Waals surface area contributed by atoms with Crippen molar-refractivity contribution < 1.29 is 0 Å². The second-order valence-electron chi connectivity index (χ2n) is 6.37. The summed E-state index contributed by atoms with van der Waals surface area (Å²) in [5.74, 6) is 0. The molecule has 0 spiro atoms. The van der Waals surface area contributed by atoms with Crippen LogP contribution < -0.4 is 0 Å². The number of hydrogen-bond donors (Lipinski definition) is 0. The van der Waals surface area contributed by atoms with Gasteiger partial charge in [0.15, 0.2) is 0 Å². The van der Waals surface area contributed by atoms with Gasteiger partial charge in [0.1, 0.15) is 0 Å². The monoisotopic (exact) mass is 446 g/mol. The van der Waals surface area contributed by atoms with Crippen molar-refractivity contribution in [3.8, 4) is 0 Å². The molecule has 0 heterocycles. The van der Waals surface area contributed by atoms with Crippen molar-refractivity contribution in [1.29, 1.82) is 0 Å². The van der Waals surface area contributed by atoms with Crippen LogP contribution in [0.5, 0.6) is 0 Å².